The normalized spacial score (nSPS) is 22.2. The Balaban J connectivity index is 2.65. The van der Waals surface area contributed by atoms with Gasteiger partial charge in [-0.15, -0.1) is 0 Å². The summed E-state index contributed by atoms with van der Waals surface area (Å²) in [6.07, 6.45) is 0. The highest BCUT2D eigenvalue weighted by molar-refractivity contribution is 5.82. The molecule has 0 bridgehead atoms. The lowest BCUT2D eigenvalue weighted by atomic mass is 10.0. The summed E-state index contributed by atoms with van der Waals surface area (Å²) in [7, 11) is 0. The third-order valence-corrected chi connectivity index (χ3v) is 2.20. The summed E-state index contributed by atoms with van der Waals surface area (Å²) in [5.74, 6) is -0.694. The molecule has 0 spiro atoms. The summed E-state index contributed by atoms with van der Waals surface area (Å²) < 4.78 is 0. The van der Waals surface area contributed by atoms with Crippen molar-refractivity contribution in [3.8, 4) is 0 Å². The Labute approximate surface area is 76.7 Å². The maximum Gasteiger partial charge on any atom is 0.323 e. The minimum Gasteiger partial charge on any atom is -0.480 e. The molecule has 1 rings (SSSR count). The second-order valence-corrected chi connectivity index (χ2v) is 3.52. The minimum absolute atomic E-state index is 0.00333. The number of nitrogens with zero attached hydrogens (tertiary/aromatic N) is 1. The van der Waals surface area contributed by atoms with Crippen LogP contribution in [0.4, 0.5) is 4.79 Å². The third kappa shape index (κ3) is 2.11. The van der Waals surface area contributed by atoms with Crippen molar-refractivity contribution in [2.45, 2.75) is 19.9 Å². The van der Waals surface area contributed by atoms with E-state index in [0.29, 0.717) is 6.54 Å². The molecule has 0 saturated carbocycles. The molecule has 0 aromatic rings. The molecule has 0 radical (unpaired) electrons. The highest BCUT2D eigenvalue weighted by atomic mass is 16.4. The molecule has 0 aliphatic carbocycles. The summed E-state index contributed by atoms with van der Waals surface area (Å²) in [6, 6.07) is -0.273. The van der Waals surface area contributed by atoms with E-state index in [9.17, 15) is 9.59 Å². The van der Waals surface area contributed by atoms with Crippen LogP contribution in [0.25, 0.3) is 0 Å². The van der Waals surface area contributed by atoms with Crippen LogP contribution < -0.4 is 5.32 Å². The number of aliphatic carboxylic acids is 1. The maximum absolute atomic E-state index is 11.2. The predicted octanol–water partition coefficient (Wildman–Crippen LogP) is 0.121. The number of hydrogen-bond donors (Lipinski definition) is 2. The molecule has 1 fully saturated rings. The number of urea groups is 1. The van der Waals surface area contributed by atoms with Gasteiger partial charge in [-0.2, -0.15) is 0 Å². The Morgan fingerprint density at radius 2 is 2.38 bits per heavy atom. The fourth-order valence-corrected chi connectivity index (χ4v) is 1.48. The molecular weight excluding hydrogens is 172 g/mol. The zero-order valence-corrected chi connectivity index (χ0v) is 7.78. The zero-order valence-electron chi connectivity index (χ0n) is 7.78. The summed E-state index contributed by atoms with van der Waals surface area (Å²) in [4.78, 5) is 23.0. The number of carbonyl (C=O) groups excluding carboxylic acids is 1. The van der Waals surface area contributed by atoms with Gasteiger partial charge < -0.3 is 15.3 Å². The van der Waals surface area contributed by atoms with Crippen molar-refractivity contribution in [3.63, 3.8) is 0 Å². The van der Waals surface area contributed by atoms with Crippen LogP contribution in [0.1, 0.15) is 13.8 Å². The van der Waals surface area contributed by atoms with E-state index < -0.39 is 5.97 Å². The van der Waals surface area contributed by atoms with E-state index in [2.05, 4.69) is 5.32 Å². The van der Waals surface area contributed by atoms with Crippen LogP contribution in [0.2, 0.25) is 0 Å². The standard InChI is InChI=1S/C8H14N2O3/c1-5(2)6-3-9-8(13)10(6)4-7(11)12/h5-6H,3-4H2,1-2H3,(H,9,13)(H,11,12)/t6-/m0/s1. The number of rotatable bonds is 3. The Hall–Kier alpha value is -1.26. The summed E-state index contributed by atoms with van der Waals surface area (Å²) >= 11 is 0. The molecule has 5 heteroatoms. The molecule has 1 atom stereocenters. The smallest absolute Gasteiger partial charge is 0.323 e. The Morgan fingerprint density at radius 1 is 1.77 bits per heavy atom. The second-order valence-electron chi connectivity index (χ2n) is 3.52. The van der Waals surface area contributed by atoms with Gasteiger partial charge in [-0.1, -0.05) is 13.8 Å². The van der Waals surface area contributed by atoms with Crippen molar-refractivity contribution in [2.75, 3.05) is 13.1 Å². The van der Waals surface area contributed by atoms with Crippen molar-refractivity contribution >= 4 is 12.0 Å². The van der Waals surface area contributed by atoms with Gasteiger partial charge in [0.1, 0.15) is 6.54 Å². The molecule has 5 nitrogen and oxygen atoms in total. The summed E-state index contributed by atoms with van der Waals surface area (Å²) in [5, 5.41) is 11.2. The van der Waals surface area contributed by atoms with Crippen LogP contribution in [0.3, 0.4) is 0 Å². The van der Waals surface area contributed by atoms with Gasteiger partial charge in [-0.05, 0) is 5.92 Å². The van der Waals surface area contributed by atoms with Crippen LogP contribution in [0.5, 0.6) is 0 Å². The molecule has 13 heavy (non-hydrogen) atoms. The van der Waals surface area contributed by atoms with E-state index in [-0.39, 0.29) is 24.5 Å². The molecule has 1 aliphatic heterocycles. The van der Waals surface area contributed by atoms with Gasteiger partial charge in [0.05, 0.1) is 6.04 Å². The molecule has 2 N–H and O–H groups in total. The van der Waals surface area contributed by atoms with Crippen molar-refractivity contribution in [1.82, 2.24) is 10.2 Å². The first-order valence-electron chi connectivity index (χ1n) is 4.28. The maximum atomic E-state index is 11.2. The highest BCUT2D eigenvalue weighted by Gasteiger charge is 2.33. The molecule has 74 valence electrons. The number of carbonyl (C=O) groups is 2. The largest absolute Gasteiger partial charge is 0.480 e. The van der Waals surface area contributed by atoms with Crippen molar-refractivity contribution < 1.29 is 14.7 Å². The van der Waals surface area contributed by atoms with Crippen molar-refractivity contribution in [1.29, 1.82) is 0 Å². The lowest BCUT2D eigenvalue weighted by Gasteiger charge is -2.23. The quantitative estimate of drug-likeness (QED) is 0.657. The molecule has 0 aromatic heterocycles. The van der Waals surface area contributed by atoms with Crippen molar-refractivity contribution in [3.05, 3.63) is 0 Å². The average Bonchev–Trinajstić information content (AvgIpc) is 2.32. The lowest BCUT2D eigenvalue weighted by molar-refractivity contribution is -0.138. The molecule has 0 unspecified atom stereocenters. The van der Waals surface area contributed by atoms with Crippen LogP contribution in [0, 0.1) is 5.92 Å². The van der Waals surface area contributed by atoms with Gasteiger partial charge in [0.25, 0.3) is 0 Å². The van der Waals surface area contributed by atoms with E-state index >= 15 is 0 Å². The second kappa shape index (κ2) is 3.64. The van der Waals surface area contributed by atoms with Crippen LogP contribution in [-0.4, -0.2) is 41.1 Å². The number of carboxylic acid groups (broad SMARTS) is 1. The monoisotopic (exact) mass is 186 g/mol. The summed E-state index contributed by atoms with van der Waals surface area (Å²) in [5.41, 5.74) is 0. The molecular formula is C8H14N2O3. The Morgan fingerprint density at radius 3 is 2.85 bits per heavy atom. The van der Waals surface area contributed by atoms with E-state index in [0.717, 1.165) is 0 Å². The topological polar surface area (TPSA) is 69.6 Å². The van der Waals surface area contributed by atoms with E-state index in [1.807, 2.05) is 13.8 Å². The van der Waals surface area contributed by atoms with Gasteiger partial charge in [0, 0.05) is 6.54 Å². The van der Waals surface area contributed by atoms with E-state index in [1.54, 1.807) is 0 Å². The van der Waals surface area contributed by atoms with Gasteiger partial charge in [0.2, 0.25) is 0 Å². The molecule has 1 saturated heterocycles. The molecule has 0 aromatic carbocycles. The van der Waals surface area contributed by atoms with Crippen LogP contribution >= 0.6 is 0 Å². The fraction of sp³-hybridized carbons (Fsp3) is 0.750. The third-order valence-electron chi connectivity index (χ3n) is 2.20. The van der Waals surface area contributed by atoms with E-state index in [4.69, 9.17) is 5.11 Å². The average molecular weight is 186 g/mol. The first-order valence-corrected chi connectivity index (χ1v) is 4.28. The summed E-state index contributed by atoms with van der Waals surface area (Å²) in [6.45, 7) is 4.28. The van der Waals surface area contributed by atoms with Gasteiger partial charge in [-0.3, -0.25) is 4.79 Å². The molecule has 1 aliphatic rings. The first kappa shape index (κ1) is 9.83. The first-order chi connectivity index (χ1) is 6.02. The minimum atomic E-state index is -0.970. The van der Waals surface area contributed by atoms with Gasteiger partial charge >= 0.3 is 12.0 Å². The SMILES string of the molecule is CC(C)[C@@H]1CNC(=O)N1CC(=O)O. The van der Waals surface area contributed by atoms with Crippen LogP contribution in [0.15, 0.2) is 0 Å². The number of hydrogen-bond acceptors (Lipinski definition) is 2. The fourth-order valence-electron chi connectivity index (χ4n) is 1.48. The van der Waals surface area contributed by atoms with Gasteiger partial charge in [0.15, 0.2) is 0 Å². The molecule has 2 amide bonds. The lowest BCUT2D eigenvalue weighted by Crippen LogP contribution is -2.40. The Kier molecular flexibility index (Phi) is 2.75. The number of amides is 2. The highest BCUT2D eigenvalue weighted by Crippen LogP contribution is 2.14. The number of nitrogens with one attached hydrogen (secondary N) is 1. The van der Waals surface area contributed by atoms with Gasteiger partial charge in [-0.25, -0.2) is 4.79 Å². The predicted molar refractivity (Wildman–Crippen MR) is 46.4 cm³/mol. The zero-order chi connectivity index (χ0) is 10.0. The molecule has 1 heterocycles. The number of carboxylic acids is 1. The van der Waals surface area contributed by atoms with Crippen molar-refractivity contribution in [2.24, 2.45) is 5.92 Å². The van der Waals surface area contributed by atoms with E-state index in [1.165, 1.54) is 4.90 Å². The van der Waals surface area contributed by atoms with Crippen LogP contribution in [-0.2, 0) is 4.79 Å². The Bertz CT molecular complexity index is 227.